The van der Waals surface area contributed by atoms with Crippen molar-refractivity contribution in [1.82, 2.24) is 0 Å². The summed E-state index contributed by atoms with van der Waals surface area (Å²) in [6.07, 6.45) is 0.575. The molecule has 5 heteroatoms. The summed E-state index contributed by atoms with van der Waals surface area (Å²) >= 11 is 5.88. The lowest BCUT2D eigenvalue weighted by atomic mass is 10.1. The summed E-state index contributed by atoms with van der Waals surface area (Å²) in [6, 6.07) is 3.10. The second kappa shape index (κ2) is 5.05. The van der Waals surface area contributed by atoms with Gasteiger partial charge in [0.25, 0.3) is 0 Å². The Morgan fingerprint density at radius 2 is 2.21 bits per heavy atom. The number of rotatable bonds is 4. The Labute approximate surface area is 87.1 Å². The van der Waals surface area contributed by atoms with Crippen LogP contribution in [0.3, 0.4) is 0 Å². The molecule has 1 aromatic rings. The minimum absolute atomic E-state index is 0.0231. The number of nitrogens with two attached hydrogens (primary N) is 1. The van der Waals surface area contributed by atoms with E-state index in [0.29, 0.717) is 23.8 Å². The Kier molecular flexibility index (Phi) is 4.00. The van der Waals surface area contributed by atoms with Gasteiger partial charge in [-0.25, -0.2) is 5.90 Å². The molecule has 0 amide bonds. The zero-order chi connectivity index (χ0) is 10.6. The monoisotopic (exact) mass is 217 g/mol. The molecule has 1 aromatic carbocycles. The van der Waals surface area contributed by atoms with Crippen LogP contribution in [0.15, 0.2) is 12.1 Å². The molecule has 0 saturated heterocycles. The molecule has 1 rings (SSSR count). The zero-order valence-electron chi connectivity index (χ0n) is 7.79. The molecular weight excluding hydrogens is 206 g/mol. The molecule has 0 aliphatic rings. The topological polar surface area (TPSA) is 64.7 Å². The van der Waals surface area contributed by atoms with E-state index in [1.807, 2.05) is 0 Å². The van der Waals surface area contributed by atoms with Gasteiger partial charge in [0.15, 0.2) is 11.5 Å². The van der Waals surface area contributed by atoms with Crippen LogP contribution < -0.4 is 10.6 Å². The van der Waals surface area contributed by atoms with E-state index in [2.05, 4.69) is 4.84 Å². The molecule has 0 aliphatic heterocycles. The highest BCUT2D eigenvalue weighted by Gasteiger charge is 2.07. The standard InChI is InChI=1S/C9H12ClNO3/c1-13-9-4-6(2-3-14-11)7(10)5-8(9)12/h4-5,12H,2-3,11H2,1H3. The molecule has 78 valence electrons. The largest absolute Gasteiger partial charge is 0.504 e. The zero-order valence-corrected chi connectivity index (χ0v) is 8.54. The van der Waals surface area contributed by atoms with Gasteiger partial charge in [0.1, 0.15) is 0 Å². The van der Waals surface area contributed by atoms with Crippen LogP contribution in [0.25, 0.3) is 0 Å². The van der Waals surface area contributed by atoms with Crippen molar-refractivity contribution in [1.29, 1.82) is 0 Å². The van der Waals surface area contributed by atoms with Crippen LogP contribution in [-0.2, 0) is 11.3 Å². The van der Waals surface area contributed by atoms with Crippen molar-refractivity contribution in [3.63, 3.8) is 0 Å². The minimum atomic E-state index is 0.0231. The number of hydrogen-bond acceptors (Lipinski definition) is 4. The predicted octanol–water partition coefficient (Wildman–Crippen LogP) is 1.49. The Bertz CT molecular complexity index is 317. The van der Waals surface area contributed by atoms with Gasteiger partial charge in [-0.2, -0.15) is 0 Å². The van der Waals surface area contributed by atoms with Crippen LogP contribution in [0.2, 0.25) is 5.02 Å². The number of methoxy groups -OCH3 is 1. The van der Waals surface area contributed by atoms with E-state index in [-0.39, 0.29) is 5.75 Å². The summed E-state index contributed by atoms with van der Waals surface area (Å²) in [5.74, 6) is 5.32. The Morgan fingerprint density at radius 1 is 1.50 bits per heavy atom. The summed E-state index contributed by atoms with van der Waals surface area (Å²) in [7, 11) is 1.48. The van der Waals surface area contributed by atoms with Gasteiger partial charge in [0.2, 0.25) is 0 Å². The van der Waals surface area contributed by atoms with Gasteiger partial charge < -0.3 is 14.7 Å². The maximum absolute atomic E-state index is 9.38. The van der Waals surface area contributed by atoms with E-state index in [1.54, 1.807) is 6.07 Å². The molecule has 0 bridgehead atoms. The number of benzene rings is 1. The number of hydrogen-bond donors (Lipinski definition) is 2. The maximum atomic E-state index is 9.38. The Hall–Kier alpha value is -0.970. The molecule has 0 aliphatic carbocycles. The number of ether oxygens (including phenoxy) is 1. The molecule has 3 N–H and O–H groups in total. The smallest absolute Gasteiger partial charge is 0.160 e. The second-order valence-electron chi connectivity index (χ2n) is 2.74. The first-order valence-corrected chi connectivity index (χ1v) is 4.44. The first kappa shape index (κ1) is 11.1. The van der Waals surface area contributed by atoms with Crippen LogP contribution in [0, 0.1) is 0 Å². The highest BCUT2D eigenvalue weighted by atomic mass is 35.5. The van der Waals surface area contributed by atoms with Gasteiger partial charge in [-0.05, 0) is 18.1 Å². The third-order valence-electron chi connectivity index (χ3n) is 1.84. The highest BCUT2D eigenvalue weighted by Crippen LogP contribution is 2.32. The van der Waals surface area contributed by atoms with Crippen molar-refractivity contribution in [3.8, 4) is 11.5 Å². The molecule has 0 spiro atoms. The van der Waals surface area contributed by atoms with Crippen molar-refractivity contribution in [2.45, 2.75) is 6.42 Å². The van der Waals surface area contributed by atoms with Crippen LogP contribution in [0.4, 0.5) is 0 Å². The lowest BCUT2D eigenvalue weighted by molar-refractivity contribution is 0.141. The molecule has 0 saturated carbocycles. The Morgan fingerprint density at radius 3 is 2.79 bits per heavy atom. The summed E-state index contributed by atoms with van der Waals surface area (Å²) in [5, 5.41) is 9.85. The van der Waals surface area contributed by atoms with E-state index in [1.165, 1.54) is 13.2 Å². The van der Waals surface area contributed by atoms with Gasteiger partial charge in [0, 0.05) is 11.1 Å². The fraction of sp³-hybridized carbons (Fsp3) is 0.333. The van der Waals surface area contributed by atoms with E-state index in [4.69, 9.17) is 22.2 Å². The van der Waals surface area contributed by atoms with E-state index < -0.39 is 0 Å². The average molecular weight is 218 g/mol. The summed E-state index contributed by atoms with van der Waals surface area (Å²) < 4.78 is 4.94. The number of phenols is 1. The molecule has 0 fully saturated rings. The normalized spacial score (nSPS) is 10.2. The fourth-order valence-corrected chi connectivity index (χ4v) is 1.36. The molecule has 0 radical (unpaired) electrons. The molecule has 0 unspecified atom stereocenters. The van der Waals surface area contributed by atoms with E-state index in [9.17, 15) is 5.11 Å². The van der Waals surface area contributed by atoms with Crippen LogP contribution in [0.5, 0.6) is 11.5 Å². The van der Waals surface area contributed by atoms with Crippen molar-refractivity contribution < 1.29 is 14.7 Å². The summed E-state index contributed by atoms with van der Waals surface area (Å²) in [5.41, 5.74) is 0.826. The van der Waals surface area contributed by atoms with Crippen LogP contribution >= 0.6 is 11.6 Å². The van der Waals surface area contributed by atoms with Crippen LogP contribution in [0.1, 0.15) is 5.56 Å². The van der Waals surface area contributed by atoms with Crippen molar-refractivity contribution in [2.75, 3.05) is 13.7 Å². The number of aromatic hydroxyl groups is 1. The first-order valence-electron chi connectivity index (χ1n) is 4.06. The molecule has 14 heavy (non-hydrogen) atoms. The molecule has 0 aromatic heterocycles. The van der Waals surface area contributed by atoms with E-state index in [0.717, 1.165) is 5.56 Å². The maximum Gasteiger partial charge on any atom is 0.160 e. The van der Waals surface area contributed by atoms with Gasteiger partial charge in [0.05, 0.1) is 13.7 Å². The predicted molar refractivity (Wildman–Crippen MR) is 53.5 cm³/mol. The minimum Gasteiger partial charge on any atom is -0.504 e. The van der Waals surface area contributed by atoms with Crippen LogP contribution in [-0.4, -0.2) is 18.8 Å². The third kappa shape index (κ3) is 2.51. The van der Waals surface area contributed by atoms with Gasteiger partial charge >= 0.3 is 0 Å². The highest BCUT2D eigenvalue weighted by molar-refractivity contribution is 6.31. The Balaban J connectivity index is 2.92. The average Bonchev–Trinajstić information content (AvgIpc) is 2.17. The lowest BCUT2D eigenvalue weighted by Crippen LogP contribution is -2.04. The first-order chi connectivity index (χ1) is 6.69. The number of halogens is 1. The van der Waals surface area contributed by atoms with Crippen molar-refractivity contribution in [2.24, 2.45) is 5.90 Å². The van der Waals surface area contributed by atoms with Crippen molar-refractivity contribution >= 4 is 11.6 Å². The number of phenolic OH excluding ortho intramolecular Hbond substituents is 1. The van der Waals surface area contributed by atoms with Gasteiger partial charge in [-0.15, -0.1) is 0 Å². The second-order valence-corrected chi connectivity index (χ2v) is 3.14. The van der Waals surface area contributed by atoms with Gasteiger partial charge in [-0.1, -0.05) is 11.6 Å². The lowest BCUT2D eigenvalue weighted by Gasteiger charge is -2.08. The fourth-order valence-electron chi connectivity index (χ4n) is 1.11. The summed E-state index contributed by atoms with van der Waals surface area (Å²) in [4.78, 5) is 4.44. The molecule has 0 heterocycles. The quantitative estimate of drug-likeness (QED) is 0.750. The van der Waals surface area contributed by atoms with Gasteiger partial charge in [-0.3, -0.25) is 0 Å². The van der Waals surface area contributed by atoms with Crippen molar-refractivity contribution in [3.05, 3.63) is 22.7 Å². The van der Waals surface area contributed by atoms with E-state index >= 15 is 0 Å². The molecule has 4 nitrogen and oxygen atoms in total. The molecular formula is C9H12ClNO3. The summed E-state index contributed by atoms with van der Waals surface area (Å²) in [6.45, 7) is 0.369. The SMILES string of the molecule is COc1cc(CCON)c(Cl)cc1O. The third-order valence-corrected chi connectivity index (χ3v) is 2.19. The molecule has 0 atom stereocenters.